The van der Waals surface area contributed by atoms with Gasteiger partial charge in [-0.3, -0.25) is 9.69 Å². The maximum Gasteiger partial charge on any atom is 0.276 e. The molecule has 0 atom stereocenters. The highest BCUT2D eigenvalue weighted by molar-refractivity contribution is 5.92. The van der Waals surface area contributed by atoms with Gasteiger partial charge in [0.2, 0.25) is 0 Å². The summed E-state index contributed by atoms with van der Waals surface area (Å²) in [4.78, 5) is 17.5. The van der Waals surface area contributed by atoms with Crippen LogP contribution in [0.3, 0.4) is 0 Å². The molecule has 1 aromatic heterocycles. The highest BCUT2D eigenvalue weighted by Crippen LogP contribution is 2.32. The summed E-state index contributed by atoms with van der Waals surface area (Å²) in [6, 6.07) is 1.08. The van der Waals surface area contributed by atoms with Crippen molar-refractivity contribution in [3.63, 3.8) is 0 Å². The highest BCUT2D eigenvalue weighted by atomic mass is 35.5. The van der Waals surface area contributed by atoms with E-state index in [1.54, 1.807) is 0 Å². The summed E-state index contributed by atoms with van der Waals surface area (Å²) in [6.07, 6.45) is 9.33. The Balaban J connectivity index is 0.00000160. The minimum absolute atomic E-state index is 0. The van der Waals surface area contributed by atoms with Gasteiger partial charge in [0.05, 0.1) is 12.2 Å². The average molecular weight is 461 g/mol. The van der Waals surface area contributed by atoms with Gasteiger partial charge < -0.3 is 10.2 Å². The van der Waals surface area contributed by atoms with Crippen molar-refractivity contribution in [3.8, 4) is 0 Å². The van der Waals surface area contributed by atoms with Gasteiger partial charge in [0.15, 0.2) is 5.69 Å². The molecule has 9 heteroatoms. The summed E-state index contributed by atoms with van der Waals surface area (Å²) in [6.45, 7) is 10.3. The fraction of sp³-hybridized carbons (Fsp3) is 0.857. The van der Waals surface area contributed by atoms with E-state index in [-0.39, 0.29) is 30.7 Å². The first-order valence-electron chi connectivity index (χ1n) is 11.3. The number of aromatic nitrogens is 3. The van der Waals surface area contributed by atoms with Crippen molar-refractivity contribution < 1.29 is 4.79 Å². The topological polar surface area (TPSA) is 66.3 Å². The molecule has 30 heavy (non-hydrogen) atoms. The lowest BCUT2D eigenvalue weighted by molar-refractivity contribution is 0.0473. The van der Waals surface area contributed by atoms with Crippen LogP contribution >= 0.6 is 24.8 Å². The predicted octanol–water partition coefficient (Wildman–Crippen LogP) is 3.02. The smallest absolute Gasteiger partial charge is 0.276 e. The van der Waals surface area contributed by atoms with E-state index in [9.17, 15) is 4.79 Å². The van der Waals surface area contributed by atoms with Crippen LogP contribution < -0.4 is 5.32 Å². The number of hydrogen-bond acceptors (Lipinski definition) is 5. The first-order valence-corrected chi connectivity index (χ1v) is 11.3. The molecule has 0 unspecified atom stereocenters. The van der Waals surface area contributed by atoms with Gasteiger partial charge in [-0.25, -0.2) is 4.68 Å². The van der Waals surface area contributed by atoms with E-state index in [1.807, 2.05) is 15.8 Å². The van der Waals surface area contributed by atoms with Crippen LogP contribution in [0.1, 0.15) is 68.9 Å². The third-order valence-electron chi connectivity index (χ3n) is 7.21. The van der Waals surface area contributed by atoms with Crippen molar-refractivity contribution in [2.45, 2.75) is 64.5 Å². The summed E-state index contributed by atoms with van der Waals surface area (Å²) < 4.78 is 1.90. The fourth-order valence-electron chi connectivity index (χ4n) is 5.21. The summed E-state index contributed by atoms with van der Waals surface area (Å²) in [7, 11) is 0. The van der Waals surface area contributed by atoms with Gasteiger partial charge in [0.1, 0.15) is 0 Å². The van der Waals surface area contributed by atoms with Gasteiger partial charge in [0, 0.05) is 32.2 Å². The minimum atomic E-state index is 0. The molecular formula is C21H38Cl2N6O. The van der Waals surface area contributed by atoms with Gasteiger partial charge in [-0.05, 0) is 63.5 Å². The zero-order valence-corrected chi connectivity index (χ0v) is 20.0. The molecule has 2 aliphatic heterocycles. The number of hydrogen-bond donors (Lipinski definition) is 1. The molecule has 3 aliphatic rings. The van der Waals surface area contributed by atoms with E-state index < -0.39 is 0 Å². The standard InChI is InChI=1S/C21H36N6O.2ClH/c1-16(2)17-3-5-18(6-4-17)25-11-13-26(14-12-25)21(28)20-15-27(24-23-20)19-7-9-22-10-8-19;;/h15-19,22H,3-14H2,1-2H3;2*1H. The Kier molecular flexibility index (Phi) is 9.85. The molecule has 3 heterocycles. The van der Waals surface area contributed by atoms with Gasteiger partial charge in [-0.2, -0.15) is 0 Å². The molecule has 1 amide bonds. The minimum Gasteiger partial charge on any atom is -0.335 e. The van der Waals surface area contributed by atoms with Crippen LogP contribution in [0.15, 0.2) is 6.20 Å². The Hall–Kier alpha value is -0.890. The van der Waals surface area contributed by atoms with Crippen LogP contribution in [0, 0.1) is 11.8 Å². The Morgan fingerprint density at radius 3 is 2.20 bits per heavy atom. The number of halogens is 2. The van der Waals surface area contributed by atoms with E-state index in [0.29, 0.717) is 17.8 Å². The summed E-state index contributed by atoms with van der Waals surface area (Å²) >= 11 is 0. The third-order valence-corrected chi connectivity index (χ3v) is 7.21. The molecular weight excluding hydrogens is 423 g/mol. The van der Waals surface area contributed by atoms with E-state index in [2.05, 4.69) is 34.4 Å². The number of nitrogens with one attached hydrogen (secondary N) is 1. The highest BCUT2D eigenvalue weighted by Gasteiger charge is 2.31. The molecule has 0 aromatic carbocycles. The van der Waals surface area contributed by atoms with Gasteiger partial charge in [-0.15, -0.1) is 29.9 Å². The number of amides is 1. The maximum atomic E-state index is 12.9. The van der Waals surface area contributed by atoms with Crippen LogP contribution in [0.2, 0.25) is 0 Å². The lowest BCUT2D eigenvalue weighted by Crippen LogP contribution is -2.52. The van der Waals surface area contributed by atoms with Gasteiger partial charge >= 0.3 is 0 Å². The second-order valence-corrected chi connectivity index (χ2v) is 9.21. The number of rotatable bonds is 4. The van der Waals surface area contributed by atoms with Crippen molar-refractivity contribution in [1.29, 1.82) is 0 Å². The summed E-state index contributed by atoms with van der Waals surface area (Å²) in [5, 5.41) is 11.8. The molecule has 1 aliphatic carbocycles. The van der Waals surface area contributed by atoms with Crippen molar-refractivity contribution >= 4 is 30.7 Å². The normalized spacial score (nSPS) is 26.2. The first kappa shape index (κ1) is 25.4. The Morgan fingerprint density at radius 2 is 1.60 bits per heavy atom. The van der Waals surface area contributed by atoms with Crippen molar-refractivity contribution in [1.82, 2.24) is 30.1 Å². The number of carbonyl (C=O) groups is 1. The zero-order valence-electron chi connectivity index (χ0n) is 18.3. The first-order chi connectivity index (χ1) is 13.6. The second kappa shape index (κ2) is 11.7. The molecule has 3 fully saturated rings. The van der Waals surface area contributed by atoms with E-state index in [4.69, 9.17) is 0 Å². The summed E-state index contributed by atoms with van der Waals surface area (Å²) in [5.74, 6) is 1.76. The van der Waals surface area contributed by atoms with Crippen LogP contribution in [-0.4, -0.2) is 76.0 Å². The maximum absolute atomic E-state index is 12.9. The van der Waals surface area contributed by atoms with Gasteiger partial charge in [0.25, 0.3) is 5.91 Å². The van der Waals surface area contributed by atoms with Crippen LogP contribution in [0.5, 0.6) is 0 Å². The molecule has 0 spiro atoms. The van der Waals surface area contributed by atoms with Crippen molar-refractivity contribution in [2.24, 2.45) is 11.8 Å². The van der Waals surface area contributed by atoms with Crippen LogP contribution in [0.25, 0.3) is 0 Å². The molecule has 1 saturated carbocycles. The number of carbonyl (C=O) groups excluding carboxylic acids is 1. The Labute approximate surface area is 193 Å². The molecule has 1 aromatic rings. The lowest BCUT2D eigenvalue weighted by Gasteiger charge is -2.42. The van der Waals surface area contributed by atoms with Crippen LogP contribution in [0.4, 0.5) is 0 Å². The molecule has 172 valence electrons. The molecule has 1 N–H and O–H groups in total. The molecule has 2 saturated heterocycles. The quantitative estimate of drug-likeness (QED) is 0.747. The van der Waals surface area contributed by atoms with Gasteiger partial charge in [-0.1, -0.05) is 19.1 Å². The fourth-order valence-corrected chi connectivity index (χ4v) is 5.21. The van der Waals surface area contributed by atoms with Crippen LogP contribution in [-0.2, 0) is 0 Å². The number of piperazine rings is 1. The summed E-state index contributed by atoms with van der Waals surface area (Å²) in [5.41, 5.74) is 0.504. The number of piperidine rings is 1. The predicted molar refractivity (Wildman–Crippen MR) is 124 cm³/mol. The zero-order chi connectivity index (χ0) is 19.5. The molecule has 7 nitrogen and oxygen atoms in total. The van der Waals surface area contributed by atoms with Crippen molar-refractivity contribution in [2.75, 3.05) is 39.3 Å². The molecule has 4 rings (SSSR count). The Bertz CT molecular complexity index is 648. The van der Waals surface area contributed by atoms with Crippen molar-refractivity contribution in [3.05, 3.63) is 11.9 Å². The van der Waals surface area contributed by atoms with E-state index in [0.717, 1.165) is 63.9 Å². The molecule has 0 radical (unpaired) electrons. The molecule has 0 bridgehead atoms. The monoisotopic (exact) mass is 460 g/mol. The Morgan fingerprint density at radius 1 is 0.967 bits per heavy atom. The SMILES string of the molecule is CC(C)C1CCC(N2CCN(C(=O)c3cn(C4CCNCC4)nn3)CC2)CC1.Cl.Cl. The average Bonchev–Trinajstić information content (AvgIpc) is 3.24. The third kappa shape index (κ3) is 5.87. The van der Waals surface area contributed by atoms with E-state index in [1.165, 1.54) is 25.7 Å². The number of nitrogens with zero attached hydrogens (tertiary/aromatic N) is 5. The largest absolute Gasteiger partial charge is 0.335 e. The second-order valence-electron chi connectivity index (χ2n) is 9.21. The van der Waals surface area contributed by atoms with E-state index >= 15 is 0 Å². The lowest BCUT2D eigenvalue weighted by atomic mass is 9.79.